The van der Waals surface area contributed by atoms with Gasteiger partial charge in [-0.25, -0.2) is 0 Å². The standard InChI is InChI=1S/C15H19BrN2O3/c1-2-15(4-3-5-17-15)14(19)18-11-9-13-12(8-10(11)16)20-6-7-21-13/h8-9,17H,2-7H2,1H3,(H,18,19). The summed E-state index contributed by atoms with van der Waals surface area (Å²) in [4.78, 5) is 12.6. The summed E-state index contributed by atoms with van der Waals surface area (Å²) >= 11 is 3.48. The SMILES string of the molecule is CCC1(C(=O)Nc2cc3c(cc2Br)OCCO3)CCCN1. The Bertz CT molecular complexity index is 556. The fourth-order valence-electron chi connectivity index (χ4n) is 2.86. The van der Waals surface area contributed by atoms with Crippen LogP contribution in [0.2, 0.25) is 0 Å². The Balaban J connectivity index is 1.82. The number of hydrogen-bond donors (Lipinski definition) is 2. The molecule has 0 bridgehead atoms. The summed E-state index contributed by atoms with van der Waals surface area (Å²) in [7, 11) is 0. The van der Waals surface area contributed by atoms with Crippen LogP contribution in [-0.4, -0.2) is 31.2 Å². The molecule has 1 unspecified atom stereocenters. The zero-order valence-electron chi connectivity index (χ0n) is 12.0. The molecule has 0 radical (unpaired) electrons. The number of amides is 1. The van der Waals surface area contributed by atoms with E-state index in [9.17, 15) is 4.79 Å². The molecule has 1 aromatic rings. The van der Waals surface area contributed by atoms with E-state index in [1.807, 2.05) is 19.1 Å². The lowest BCUT2D eigenvalue weighted by molar-refractivity contribution is -0.122. The molecule has 2 N–H and O–H groups in total. The summed E-state index contributed by atoms with van der Waals surface area (Å²) in [5.74, 6) is 1.39. The van der Waals surface area contributed by atoms with Crippen LogP contribution in [0.1, 0.15) is 26.2 Å². The van der Waals surface area contributed by atoms with Crippen molar-refractivity contribution in [2.75, 3.05) is 25.1 Å². The van der Waals surface area contributed by atoms with Crippen molar-refractivity contribution in [3.63, 3.8) is 0 Å². The fraction of sp³-hybridized carbons (Fsp3) is 0.533. The van der Waals surface area contributed by atoms with E-state index in [2.05, 4.69) is 26.6 Å². The van der Waals surface area contributed by atoms with Gasteiger partial charge in [-0.3, -0.25) is 4.79 Å². The third-order valence-corrected chi connectivity index (χ3v) is 4.82. The molecule has 2 aliphatic rings. The van der Waals surface area contributed by atoms with Crippen LogP contribution in [0.15, 0.2) is 16.6 Å². The molecule has 114 valence electrons. The van der Waals surface area contributed by atoms with Gasteiger partial charge in [0.05, 0.1) is 11.2 Å². The maximum atomic E-state index is 12.6. The van der Waals surface area contributed by atoms with E-state index in [1.54, 1.807) is 0 Å². The molecule has 2 aliphatic heterocycles. The number of hydrogen-bond acceptors (Lipinski definition) is 4. The minimum absolute atomic E-state index is 0.0138. The van der Waals surface area contributed by atoms with E-state index < -0.39 is 5.54 Å². The maximum absolute atomic E-state index is 12.6. The van der Waals surface area contributed by atoms with Crippen molar-refractivity contribution >= 4 is 27.5 Å². The second-order valence-electron chi connectivity index (χ2n) is 5.40. The van der Waals surface area contributed by atoms with Crippen molar-refractivity contribution in [3.8, 4) is 11.5 Å². The third kappa shape index (κ3) is 2.74. The first-order valence-electron chi connectivity index (χ1n) is 7.30. The molecule has 0 spiro atoms. The quantitative estimate of drug-likeness (QED) is 0.875. The van der Waals surface area contributed by atoms with Crippen molar-refractivity contribution in [2.24, 2.45) is 0 Å². The van der Waals surface area contributed by atoms with Crippen LogP contribution in [0, 0.1) is 0 Å². The third-order valence-electron chi connectivity index (χ3n) is 4.16. The van der Waals surface area contributed by atoms with Crippen LogP contribution >= 0.6 is 15.9 Å². The predicted octanol–water partition coefficient (Wildman–Crippen LogP) is 2.69. The Morgan fingerprint density at radius 2 is 2.10 bits per heavy atom. The molecule has 1 amide bonds. The van der Waals surface area contributed by atoms with Crippen molar-refractivity contribution in [2.45, 2.75) is 31.7 Å². The van der Waals surface area contributed by atoms with Gasteiger partial charge in [-0.05, 0) is 41.7 Å². The largest absolute Gasteiger partial charge is 0.486 e. The highest BCUT2D eigenvalue weighted by Gasteiger charge is 2.39. The number of fused-ring (bicyclic) bond motifs is 1. The summed E-state index contributed by atoms with van der Waals surface area (Å²) in [6.07, 6.45) is 2.68. The Morgan fingerprint density at radius 3 is 2.71 bits per heavy atom. The van der Waals surface area contributed by atoms with Crippen molar-refractivity contribution in [1.82, 2.24) is 5.32 Å². The number of anilines is 1. The van der Waals surface area contributed by atoms with Crippen LogP contribution in [0.5, 0.6) is 11.5 Å². The van der Waals surface area contributed by atoms with Gasteiger partial charge in [0, 0.05) is 16.6 Å². The van der Waals surface area contributed by atoms with Gasteiger partial charge in [0.25, 0.3) is 0 Å². The van der Waals surface area contributed by atoms with Gasteiger partial charge >= 0.3 is 0 Å². The summed E-state index contributed by atoms with van der Waals surface area (Å²) in [6.45, 7) is 4.01. The average Bonchev–Trinajstić information content (AvgIpc) is 2.98. The van der Waals surface area contributed by atoms with Crippen LogP contribution in [-0.2, 0) is 4.79 Å². The Labute approximate surface area is 132 Å². The van der Waals surface area contributed by atoms with Gasteiger partial charge < -0.3 is 20.1 Å². The second kappa shape index (κ2) is 5.85. The van der Waals surface area contributed by atoms with E-state index in [1.165, 1.54) is 0 Å². The fourth-order valence-corrected chi connectivity index (χ4v) is 3.29. The molecule has 3 rings (SSSR count). The molecule has 6 heteroatoms. The van der Waals surface area contributed by atoms with E-state index in [-0.39, 0.29) is 5.91 Å². The van der Waals surface area contributed by atoms with Gasteiger partial charge in [-0.2, -0.15) is 0 Å². The van der Waals surface area contributed by atoms with E-state index in [0.717, 1.165) is 30.3 Å². The topological polar surface area (TPSA) is 59.6 Å². The van der Waals surface area contributed by atoms with E-state index >= 15 is 0 Å². The maximum Gasteiger partial charge on any atom is 0.244 e. The molecule has 21 heavy (non-hydrogen) atoms. The van der Waals surface area contributed by atoms with E-state index in [4.69, 9.17) is 9.47 Å². The van der Waals surface area contributed by atoms with E-state index in [0.29, 0.717) is 30.4 Å². The molecule has 1 saturated heterocycles. The van der Waals surface area contributed by atoms with Gasteiger partial charge in [-0.1, -0.05) is 6.92 Å². The molecular formula is C15H19BrN2O3. The molecule has 0 saturated carbocycles. The van der Waals surface area contributed by atoms with Crippen LogP contribution < -0.4 is 20.1 Å². The number of benzene rings is 1. The molecule has 5 nitrogen and oxygen atoms in total. The van der Waals surface area contributed by atoms with Crippen molar-refractivity contribution in [3.05, 3.63) is 16.6 Å². The summed E-state index contributed by atoms with van der Waals surface area (Å²) in [6, 6.07) is 3.65. The first-order chi connectivity index (χ1) is 10.1. The van der Waals surface area contributed by atoms with Crippen molar-refractivity contribution in [1.29, 1.82) is 0 Å². The number of halogens is 1. The number of carbonyl (C=O) groups excluding carboxylic acids is 1. The minimum atomic E-state index is -0.452. The highest BCUT2D eigenvalue weighted by molar-refractivity contribution is 9.10. The summed E-state index contributed by atoms with van der Waals surface area (Å²) < 4.78 is 11.9. The van der Waals surface area contributed by atoms with Crippen LogP contribution in [0.25, 0.3) is 0 Å². The lowest BCUT2D eigenvalue weighted by Crippen LogP contribution is -2.50. The zero-order chi connectivity index (χ0) is 14.9. The van der Waals surface area contributed by atoms with Gasteiger partial charge in [-0.15, -0.1) is 0 Å². The highest BCUT2D eigenvalue weighted by atomic mass is 79.9. The van der Waals surface area contributed by atoms with Crippen LogP contribution in [0.4, 0.5) is 5.69 Å². The lowest BCUT2D eigenvalue weighted by Gasteiger charge is -2.27. The van der Waals surface area contributed by atoms with Gasteiger partial charge in [0.2, 0.25) is 5.91 Å². The number of rotatable bonds is 3. The number of ether oxygens (including phenoxy) is 2. The smallest absolute Gasteiger partial charge is 0.244 e. The molecule has 1 atom stereocenters. The first kappa shape index (κ1) is 14.7. The Hall–Kier alpha value is -1.27. The summed E-state index contributed by atoms with van der Waals surface area (Å²) in [5, 5.41) is 6.35. The number of nitrogens with one attached hydrogen (secondary N) is 2. The van der Waals surface area contributed by atoms with Crippen molar-refractivity contribution < 1.29 is 14.3 Å². The Kier molecular flexibility index (Phi) is 4.08. The van der Waals surface area contributed by atoms with Gasteiger partial charge in [0.15, 0.2) is 11.5 Å². The molecule has 2 heterocycles. The second-order valence-corrected chi connectivity index (χ2v) is 6.25. The monoisotopic (exact) mass is 354 g/mol. The molecule has 0 aliphatic carbocycles. The summed E-state index contributed by atoms with van der Waals surface area (Å²) in [5.41, 5.74) is 0.262. The molecule has 0 aromatic heterocycles. The first-order valence-corrected chi connectivity index (χ1v) is 8.09. The number of carbonyl (C=O) groups is 1. The highest BCUT2D eigenvalue weighted by Crippen LogP contribution is 2.38. The molecular weight excluding hydrogens is 336 g/mol. The van der Waals surface area contributed by atoms with Crippen LogP contribution in [0.3, 0.4) is 0 Å². The molecule has 1 aromatic carbocycles. The predicted molar refractivity (Wildman–Crippen MR) is 84.0 cm³/mol. The average molecular weight is 355 g/mol. The van der Waals surface area contributed by atoms with Gasteiger partial charge in [0.1, 0.15) is 13.2 Å². The lowest BCUT2D eigenvalue weighted by atomic mass is 9.93. The normalized spacial score (nSPS) is 23.9. The zero-order valence-corrected chi connectivity index (χ0v) is 13.6. The minimum Gasteiger partial charge on any atom is -0.486 e. The molecule has 1 fully saturated rings. The Morgan fingerprint density at radius 1 is 1.38 bits per heavy atom.